The van der Waals surface area contributed by atoms with Crippen LogP contribution in [0.1, 0.15) is 37.7 Å². The van der Waals surface area contributed by atoms with Crippen LogP contribution in [0, 0.1) is 5.92 Å². The van der Waals surface area contributed by atoms with Gasteiger partial charge in [0.2, 0.25) is 0 Å². The van der Waals surface area contributed by atoms with Crippen molar-refractivity contribution in [3.05, 3.63) is 65.4 Å². The van der Waals surface area contributed by atoms with Gasteiger partial charge in [0.05, 0.1) is 22.9 Å². The maximum Gasteiger partial charge on any atom is 0.178 e. The first kappa shape index (κ1) is 21.4. The maximum absolute atomic E-state index is 4.78. The number of aromatic amines is 2. The van der Waals surface area contributed by atoms with Crippen molar-refractivity contribution in [2.24, 2.45) is 5.92 Å². The molecule has 0 radical (unpaired) electrons. The van der Waals surface area contributed by atoms with Gasteiger partial charge in [-0.3, -0.25) is 15.1 Å². The van der Waals surface area contributed by atoms with Gasteiger partial charge in [0.15, 0.2) is 11.5 Å². The fourth-order valence-electron chi connectivity index (χ4n) is 5.40. The Balaban J connectivity index is 1.26. The van der Waals surface area contributed by atoms with Crippen molar-refractivity contribution in [1.29, 1.82) is 0 Å². The Morgan fingerprint density at radius 1 is 0.972 bits per heavy atom. The van der Waals surface area contributed by atoms with Crippen LogP contribution >= 0.6 is 11.3 Å². The molecule has 2 N–H and O–H groups in total. The molecule has 1 aliphatic carbocycles. The Morgan fingerprint density at radius 2 is 1.92 bits per heavy atom. The number of pyridine rings is 3. The summed E-state index contributed by atoms with van der Waals surface area (Å²) in [6.45, 7) is 0. The molecule has 0 saturated heterocycles. The van der Waals surface area contributed by atoms with Gasteiger partial charge in [0.1, 0.15) is 5.69 Å². The zero-order valence-electron chi connectivity index (χ0n) is 19.7. The molecule has 1 fully saturated rings. The Labute approximate surface area is 212 Å². The Hall–Kier alpha value is -3.91. The monoisotopic (exact) mass is 491 g/mol. The zero-order chi connectivity index (χ0) is 23.9. The summed E-state index contributed by atoms with van der Waals surface area (Å²) in [5.74, 6) is 1.46. The zero-order valence-corrected chi connectivity index (χ0v) is 20.6. The number of nitrogens with zero attached hydrogens (tertiary/aromatic N) is 5. The van der Waals surface area contributed by atoms with Crippen molar-refractivity contribution in [3.63, 3.8) is 0 Å². The van der Waals surface area contributed by atoms with Crippen molar-refractivity contribution in [3.8, 4) is 33.9 Å². The first-order chi connectivity index (χ1) is 17.8. The van der Waals surface area contributed by atoms with Crippen LogP contribution < -0.4 is 0 Å². The van der Waals surface area contributed by atoms with Crippen molar-refractivity contribution >= 4 is 33.4 Å². The fourth-order valence-corrected chi connectivity index (χ4v) is 6.06. The molecule has 7 nitrogen and oxygen atoms in total. The lowest BCUT2D eigenvalue weighted by Crippen LogP contribution is -2.09. The van der Waals surface area contributed by atoms with Crippen molar-refractivity contribution in [1.82, 2.24) is 35.1 Å². The second-order valence-corrected chi connectivity index (χ2v) is 10.4. The SMILES string of the molecule is c1cc(-c2ccsc2)c2[nH]c(-c3n[nH]c4cnc(-c5cncc(CC6CCCCC6)c5)cc34)nc2n1. The Bertz CT molecular complexity index is 1660. The van der Waals surface area contributed by atoms with Crippen molar-refractivity contribution < 1.29 is 0 Å². The second kappa shape index (κ2) is 8.95. The molecule has 6 aromatic rings. The number of hydrogen-bond acceptors (Lipinski definition) is 6. The van der Waals surface area contributed by atoms with E-state index in [1.807, 2.05) is 24.7 Å². The minimum absolute atomic E-state index is 0.679. The molecule has 6 aromatic heterocycles. The van der Waals surface area contributed by atoms with E-state index in [4.69, 9.17) is 9.97 Å². The van der Waals surface area contributed by atoms with Crippen LogP contribution in [0.4, 0.5) is 0 Å². The molecule has 1 saturated carbocycles. The minimum Gasteiger partial charge on any atom is -0.335 e. The highest BCUT2D eigenvalue weighted by Crippen LogP contribution is 2.33. The lowest BCUT2D eigenvalue weighted by molar-refractivity contribution is 0.356. The van der Waals surface area contributed by atoms with E-state index in [1.165, 1.54) is 37.7 Å². The summed E-state index contributed by atoms with van der Waals surface area (Å²) in [6, 6.07) is 8.45. The molecule has 0 amide bonds. The van der Waals surface area contributed by atoms with E-state index in [9.17, 15) is 0 Å². The predicted molar refractivity (Wildman–Crippen MR) is 144 cm³/mol. The quantitative estimate of drug-likeness (QED) is 0.276. The lowest BCUT2D eigenvalue weighted by atomic mass is 9.85. The highest BCUT2D eigenvalue weighted by Gasteiger charge is 2.18. The van der Waals surface area contributed by atoms with Crippen molar-refractivity contribution in [2.75, 3.05) is 0 Å². The topological polar surface area (TPSA) is 96.0 Å². The van der Waals surface area contributed by atoms with Gasteiger partial charge in [-0.25, -0.2) is 9.97 Å². The van der Waals surface area contributed by atoms with Crippen LogP contribution in [0.15, 0.2) is 59.8 Å². The van der Waals surface area contributed by atoms with Gasteiger partial charge in [-0.15, -0.1) is 0 Å². The average molecular weight is 492 g/mol. The lowest BCUT2D eigenvalue weighted by Gasteiger charge is -2.21. The number of fused-ring (bicyclic) bond motifs is 2. The van der Waals surface area contributed by atoms with E-state index >= 15 is 0 Å². The van der Waals surface area contributed by atoms with Crippen molar-refractivity contribution in [2.45, 2.75) is 38.5 Å². The van der Waals surface area contributed by atoms with E-state index in [-0.39, 0.29) is 0 Å². The molecular formula is C28H25N7S. The molecule has 0 bridgehead atoms. The smallest absolute Gasteiger partial charge is 0.178 e. The molecule has 0 aromatic carbocycles. The van der Waals surface area contributed by atoms with Gasteiger partial charge in [0, 0.05) is 35.1 Å². The summed E-state index contributed by atoms with van der Waals surface area (Å²) in [7, 11) is 0. The third-order valence-corrected chi connectivity index (χ3v) is 7.92. The van der Waals surface area contributed by atoms with E-state index in [2.05, 4.69) is 54.1 Å². The molecule has 0 unspecified atom stereocenters. The third-order valence-electron chi connectivity index (χ3n) is 7.24. The molecule has 0 atom stereocenters. The molecular weight excluding hydrogens is 466 g/mol. The highest BCUT2D eigenvalue weighted by molar-refractivity contribution is 7.08. The number of rotatable bonds is 5. The molecule has 1 aliphatic rings. The van der Waals surface area contributed by atoms with Crippen LogP contribution in [0.2, 0.25) is 0 Å². The summed E-state index contributed by atoms with van der Waals surface area (Å²) in [4.78, 5) is 22.0. The molecule has 0 aliphatic heterocycles. The first-order valence-electron chi connectivity index (χ1n) is 12.5. The van der Waals surface area contributed by atoms with Crippen LogP contribution in [-0.2, 0) is 6.42 Å². The summed E-state index contributed by atoms with van der Waals surface area (Å²) < 4.78 is 0. The number of thiophene rings is 1. The molecule has 178 valence electrons. The van der Waals surface area contributed by atoms with Crippen LogP contribution in [-0.4, -0.2) is 35.1 Å². The number of H-pyrrole nitrogens is 2. The maximum atomic E-state index is 4.78. The van der Waals surface area contributed by atoms with E-state index in [1.54, 1.807) is 17.5 Å². The number of nitrogens with one attached hydrogen (secondary N) is 2. The van der Waals surface area contributed by atoms with Gasteiger partial charge >= 0.3 is 0 Å². The van der Waals surface area contributed by atoms with Gasteiger partial charge in [0.25, 0.3) is 0 Å². The Kier molecular flexibility index (Phi) is 5.31. The molecule has 0 spiro atoms. The normalized spacial score (nSPS) is 14.7. The first-order valence-corrected chi connectivity index (χ1v) is 13.4. The van der Waals surface area contributed by atoms with Crippen LogP contribution in [0.5, 0.6) is 0 Å². The average Bonchev–Trinajstić information content (AvgIpc) is 3.68. The minimum atomic E-state index is 0.679. The van der Waals surface area contributed by atoms with Crippen LogP contribution in [0.25, 0.3) is 56.0 Å². The molecule has 8 heteroatoms. The highest BCUT2D eigenvalue weighted by atomic mass is 32.1. The second-order valence-electron chi connectivity index (χ2n) is 9.63. The third kappa shape index (κ3) is 3.87. The molecule has 6 heterocycles. The van der Waals surface area contributed by atoms with Crippen LogP contribution in [0.3, 0.4) is 0 Å². The standard InChI is InChI=1S/C28H25N7S/c1-2-4-17(5-3-1)10-18-11-20(14-29-13-18)23-12-22-24(15-31-23)34-35-26(22)28-32-25-21(19-7-9-36-16-19)6-8-30-27(25)33-28/h6-9,11-17H,1-5,10H2,(H,34,35)(H,30,32,33). The molecule has 7 rings (SSSR count). The summed E-state index contributed by atoms with van der Waals surface area (Å²) >= 11 is 1.68. The van der Waals surface area contributed by atoms with E-state index in [0.717, 1.165) is 56.8 Å². The van der Waals surface area contributed by atoms with E-state index in [0.29, 0.717) is 11.5 Å². The van der Waals surface area contributed by atoms with Gasteiger partial charge in [-0.2, -0.15) is 16.4 Å². The van der Waals surface area contributed by atoms with E-state index < -0.39 is 0 Å². The Morgan fingerprint density at radius 3 is 2.81 bits per heavy atom. The largest absolute Gasteiger partial charge is 0.335 e. The molecule has 36 heavy (non-hydrogen) atoms. The van der Waals surface area contributed by atoms with Gasteiger partial charge in [-0.05, 0) is 58.5 Å². The summed E-state index contributed by atoms with van der Waals surface area (Å²) in [5.41, 5.74) is 8.66. The number of aromatic nitrogens is 7. The van der Waals surface area contributed by atoms with Gasteiger partial charge in [-0.1, -0.05) is 32.1 Å². The summed E-state index contributed by atoms with van der Waals surface area (Å²) in [6.07, 6.45) is 15.4. The predicted octanol–water partition coefficient (Wildman–Crippen LogP) is 6.81. The number of imidazole rings is 1. The van der Waals surface area contributed by atoms with Gasteiger partial charge < -0.3 is 4.98 Å². The fraction of sp³-hybridized carbons (Fsp3) is 0.250. The summed E-state index contributed by atoms with van der Waals surface area (Å²) in [5, 5.41) is 12.9. The number of hydrogen-bond donors (Lipinski definition) is 2.